The van der Waals surface area contributed by atoms with E-state index in [1.807, 2.05) is 0 Å². The Labute approximate surface area is 128 Å². The van der Waals surface area contributed by atoms with Gasteiger partial charge in [0.25, 0.3) is 0 Å². The summed E-state index contributed by atoms with van der Waals surface area (Å²) < 4.78 is 5.44. The quantitative estimate of drug-likeness (QED) is 0.891. The Kier molecular flexibility index (Phi) is 5.15. The third-order valence-electron chi connectivity index (χ3n) is 5.09. The van der Waals surface area contributed by atoms with Crippen LogP contribution in [0.15, 0.2) is 24.3 Å². The number of hydrogen-bond acceptors (Lipinski definition) is 3. The Morgan fingerprint density at radius 2 is 1.62 bits per heavy atom. The van der Waals surface area contributed by atoms with Crippen molar-refractivity contribution in [1.29, 1.82) is 0 Å². The van der Waals surface area contributed by atoms with Crippen molar-refractivity contribution in [3.05, 3.63) is 29.8 Å². The fourth-order valence-electron chi connectivity index (χ4n) is 3.56. The lowest BCUT2D eigenvalue weighted by Gasteiger charge is -2.26. The van der Waals surface area contributed by atoms with Gasteiger partial charge in [-0.1, -0.05) is 12.1 Å². The van der Waals surface area contributed by atoms with Crippen molar-refractivity contribution in [3.8, 4) is 0 Å². The molecular weight excluding hydrogens is 260 g/mol. The largest absolute Gasteiger partial charge is 0.385 e. The van der Waals surface area contributed by atoms with Crippen LogP contribution in [0.5, 0.6) is 0 Å². The molecule has 2 fully saturated rings. The Morgan fingerprint density at radius 1 is 0.952 bits per heavy atom. The molecule has 0 bridgehead atoms. The average Bonchev–Trinajstić information content (AvgIpc) is 2.56. The monoisotopic (exact) mass is 288 g/mol. The molecule has 0 spiro atoms. The second kappa shape index (κ2) is 7.28. The minimum Gasteiger partial charge on any atom is -0.385 e. The standard InChI is InChI=1S/C18H28N2O/c19-17-5-1-14(2-6-17)13-20-18-7-3-15(4-8-18)16-9-11-21-12-10-16/h3-4,7-8,14,16-17,20H,1-2,5-6,9-13,19H2/t14-,17-. The molecule has 3 N–H and O–H groups in total. The molecule has 2 aliphatic rings. The van der Waals surface area contributed by atoms with E-state index >= 15 is 0 Å². The van der Waals surface area contributed by atoms with E-state index in [2.05, 4.69) is 29.6 Å². The molecule has 3 heteroatoms. The third-order valence-corrected chi connectivity index (χ3v) is 5.09. The van der Waals surface area contributed by atoms with E-state index in [1.54, 1.807) is 0 Å². The Balaban J connectivity index is 1.48. The van der Waals surface area contributed by atoms with Gasteiger partial charge in [0.05, 0.1) is 0 Å². The SMILES string of the molecule is N[C@H]1CC[C@H](CNc2ccc(C3CCOCC3)cc2)CC1. The molecule has 21 heavy (non-hydrogen) atoms. The third kappa shape index (κ3) is 4.21. The summed E-state index contributed by atoms with van der Waals surface area (Å²) in [6.45, 7) is 2.91. The van der Waals surface area contributed by atoms with Crippen LogP contribution < -0.4 is 11.1 Å². The summed E-state index contributed by atoms with van der Waals surface area (Å²) in [6.07, 6.45) is 7.25. The van der Waals surface area contributed by atoms with Crippen LogP contribution in [0, 0.1) is 5.92 Å². The molecule has 1 saturated carbocycles. The van der Waals surface area contributed by atoms with Crippen LogP contribution in [0.1, 0.15) is 50.0 Å². The van der Waals surface area contributed by atoms with E-state index in [1.165, 1.54) is 36.9 Å². The minimum absolute atomic E-state index is 0.444. The topological polar surface area (TPSA) is 47.3 Å². The number of rotatable bonds is 4. The molecule has 1 heterocycles. The van der Waals surface area contributed by atoms with E-state index < -0.39 is 0 Å². The molecular formula is C18H28N2O. The van der Waals surface area contributed by atoms with Gasteiger partial charge >= 0.3 is 0 Å². The van der Waals surface area contributed by atoms with Gasteiger partial charge in [-0.05, 0) is 68.1 Å². The van der Waals surface area contributed by atoms with Gasteiger partial charge in [0.1, 0.15) is 0 Å². The number of anilines is 1. The van der Waals surface area contributed by atoms with Crippen molar-refractivity contribution in [2.75, 3.05) is 25.1 Å². The zero-order valence-electron chi connectivity index (χ0n) is 12.9. The normalized spacial score (nSPS) is 27.5. The Hall–Kier alpha value is -1.06. The molecule has 0 atom stereocenters. The second-order valence-electron chi connectivity index (χ2n) is 6.67. The van der Waals surface area contributed by atoms with Crippen molar-refractivity contribution < 1.29 is 4.74 Å². The average molecular weight is 288 g/mol. The minimum atomic E-state index is 0.444. The highest BCUT2D eigenvalue weighted by Crippen LogP contribution is 2.28. The fraction of sp³-hybridized carbons (Fsp3) is 0.667. The maximum atomic E-state index is 5.96. The van der Waals surface area contributed by atoms with Gasteiger partial charge in [-0.15, -0.1) is 0 Å². The lowest BCUT2D eigenvalue weighted by atomic mass is 9.86. The summed E-state index contributed by atoms with van der Waals surface area (Å²) in [5.74, 6) is 1.48. The van der Waals surface area contributed by atoms with Gasteiger partial charge in [-0.3, -0.25) is 0 Å². The molecule has 0 unspecified atom stereocenters. The van der Waals surface area contributed by atoms with E-state index in [-0.39, 0.29) is 0 Å². The van der Waals surface area contributed by atoms with Crippen LogP contribution in [0.3, 0.4) is 0 Å². The van der Waals surface area contributed by atoms with Crippen molar-refractivity contribution in [3.63, 3.8) is 0 Å². The smallest absolute Gasteiger partial charge is 0.0471 e. The van der Waals surface area contributed by atoms with Crippen LogP contribution in [0.25, 0.3) is 0 Å². The Morgan fingerprint density at radius 3 is 2.29 bits per heavy atom. The van der Waals surface area contributed by atoms with Gasteiger partial charge in [0.2, 0.25) is 0 Å². The van der Waals surface area contributed by atoms with E-state index in [0.29, 0.717) is 12.0 Å². The van der Waals surface area contributed by atoms with Crippen molar-refractivity contribution in [2.45, 2.75) is 50.5 Å². The molecule has 3 nitrogen and oxygen atoms in total. The molecule has 1 saturated heterocycles. The highest BCUT2D eigenvalue weighted by Gasteiger charge is 2.18. The van der Waals surface area contributed by atoms with Gasteiger partial charge in [-0.25, -0.2) is 0 Å². The van der Waals surface area contributed by atoms with Crippen molar-refractivity contribution in [1.82, 2.24) is 0 Å². The lowest BCUT2D eigenvalue weighted by molar-refractivity contribution is 0.0853. The van der Waals surface area contributed by atoms with E-state index in [4.69, 9.17) is 10.5 Å². The molecule has 0 radical (unpaired) electrons. The maximum absolute atomic E-state index is 5.96. The molecule has 1 aromatic carbocycles. The first-order chi connectivity index (χ1) is 10.3. The van der Waals surface area contributed by atoms with Gasteiger partial charge in [0.15, 0.2) is 0 Å². The summed E-state index contributed by atoms with van der Waals surface area (Å²) in [7, 11) is 0. The lowest BCUT2D eigenvalue weighted by Crippen LogP contribution is -2.29. The molecule has 1 aromatic rings. The van der Waals surface area contributed by atoms with Crippen LogP contribution in [0.4, 0.5) is 5.69 Å². The highest BCUT2D eigenvalue weighted by molar-refractivity contribution is 5.45. The first-order valence-corrected chi connectivity index (χ1v) is 8.48. The first kappa shape index (κ1) is 14.9. The predicted molar refractivity (Wildman–Crippen MR) is 87.7 cm³/mol. The second-order valence-corrected chi connectivity index (χ2v) is 6.67. The van der Waals surface area contributed by atoms with Crippen molar-refractivity contribution >= 4 is 5.69 Å². The van der Waals surface area contributed by atoms with E-state index in [9.17, 15) is 0 Å². The summed E-state index contributed by atoms with van der Waals surface area (Å²) in [5, 5.41) is 3.59. The number of ether oxygens (including phenoxy) is 1. The van der Waals surface area contributed by atoms with Crippen LogP contribution >= 0.6 is 0 Å². The summed E-state index contributed by atoms with van der Waals surface area (Å²) in [4.78, 5) is 0. The molecule has 116 valence electrons. The summed E-state index contributed by atoms with van der Waals surface area (Å²) in [6, 6.07) is 9.49. The number of hydrogen-bond donors (Lipinski definition) is 2. The highest BCUT2D eigenvalue weighted by atomic mass is 16.5. The fourth-order valence-corrected chi connectivity index (χ4v) is 3.56. The van der Waals surface area contributed by atoms with Gasteiger partial charge < -0.3 is 15.8 Å². The maximum Gasteiger partial charge on any atom is 0.0471 e. The number of nitrogens with one attached hydrogen (secondary N) is 1. The summed E-state index contributed by atoms with van der Waals surface area (Å²) >= 11 is 0. The van der Waals surface area contributed by atoms with Gasteiger partial charge in [-0.2, -0.15) is 0 Å². The van der Waals surface area contributed by atoms with Crippen LogP contribution in [-0.4, -0.2) is 25.8 Å². The zero-order chi connectivity index (χ0) is 14.5. The predicted octanol–water partition coefficient (Wildman–Crippen LogP) is 3.51. The Bertz CT molecular complexity index is 417. The molecule has 0 amide bonds. The number of benzene rings is 1. The van der Waals surface area contributed by atoms with Crippen LogP contribution in [-0.2, 0) is 4.74 Å². The zero-order valence-corrected chi connectivity index (χ0v) is 12.9. The molecule has 1 aliphatic carbocycles. The first-order valence-electron chi connectivity index (χ1n) is 8.48. The van der Waals surface area contributed by atoms with Crippen LogP contribution in [0.2, 0.25) is 0 Å². The van der Waals surface area contributed by atoms with Gasteiger partial charge in [0, 0.05) is 31.5 Å². The summed E-state index contributed by atoms with van der Waals surface area (Å²) in [5.41, 5.74) is 8.68. The molecule has 0 aromatic heterocycles. The number of nitrogens with two attached hydrogens (primary N) is 1. The molecule has 3 rings (SSSR count). The molecule has 1 aliphatic heterocycles. The van der Waals surface area contributed by atoms with Crippen molar-refractivity contribution in [2.24, 2.45) is 11.7 Å². The van der Waals surface area contributed by atoms with E-state index in [0.717, 1.165) is 38.5 Å².